The van der Waals surface area contributed by atoms with Gasteiger partial charge in [0.1, 0.15) is 18.4 Å². The number of non-ortho nitro benzene ring substituents is 1. The van der Waals surface area contributed by atoms with Gasteiger partial charge in [0, 0.05) is 36.7 Å². The maximum atomic E-state index is 15.0. The smallest absolute Gasteiger partial charge is 0.269 e. The van der Waals surface area contributed by atoms with Crippen molar-refractivity contribution in [1.82, 2.24) is 10.2 Å². The van der Waals surface area contributed by atoms with E-state index in [9.17, 15) is 28.1 Å². The van der Waals surface area contributed by atoms with Gasteiger partial charge in [0.2, 0.25) is 11.8 Å². The number of rotatable bonds is 14. The maximum Gasteiger partial charge on any atom is 0.269 e. The fourth-order valence-electron chi connectivity index (χ4n) is 4.79. The molecule has 4 aromatic rings. The first-order valence-electron chi connectivity index (χ1n) is 14.7. The van der Waals surface area contributed by atoms with Crippen LogP contribution in [0.25, 0.3) is 0 Å². The van der Waals surface area contributed by atoms with Crippen LogP contribution in [0.2, 0.25) is 0 Å². The van der Waals surface area contributed by atoms with Crippen molar-refractivity contribution in [3.8, 4) is 0 Å². The van der Waals surface area contributed by atoms with Crippen LogP contribution in [0.1, 0.15) is 31.4 Å². The van der Waals surface area contributed by atoms with E-state index in [-0.39, 0.29) is 40.8 Å². The zero-order valence-corrected chi connectivity index (χ0v) is 26.3. The van der Waals surface area contributed by atoms with E-state index in [4.69, 9.17) is 0 Å². The molecule has 0 radical (unpaired) electrons. The van der Waals surface area contributed by atoms with Gasteiger partial charge in [-0.15, -0.1) is 0 Å². The average molecular weight is 647 g/mol. The third kappa shape index (κ3) is 8.33. The molecule has 0 bridgehead atoms. The molecule has 0 fully saturated rings. The highest BCUT2D eigenvalue weighted by Gasteiger charge is 2.35. The molecule has 0 spiro atoms. The first-order valence-corrected chi connectivity index (χ1v) is 16.1. The van der Waals surface area contributed by atoms with Crippen LogP contribution >= 0.6 is 0 Å². The lowest BCUT2D eigenvalue weighted by atomic mass is 10.0. The van der Waals surface area contributed by atoms with Crippen molar-refractivity contribution in [3.05, 3.63) is 136 Å². The fraction of sp³-hybridized carbons (Fsp3) is 0.235. The van der Waals surface area contributed by atoms with Crippen LogP contribution in [0, 0.1) is 15.9 Å². The third-order valence-electron chi connectivity index (χ3n) is 7.53. The van der Waals surface area contributed by atoms with Crippen LogP contribution < -0.4 is 9.62 Å². The molecule has 1 N–H and O–H groups in total. The van der Waals surface area contributed by atoms with Crippen molar-refractivity contribution in [1.29, 1.82) is 0 Å². The predicted molar refractivity (Wildman–Crippen MR) is 173 cm³/mol. The van der Waals surface area contributed by atoms with Gasteiger partial charge in [-0.1, -0.05) is 73.7 Å². The molecule has 4 aromatic carbocycles. The Kier molecular flexibility index (Phi) is 11.2. The summed E-state index contributed by atoms with van der Waals surface area (Å²) < 4.78 is 43.8. The normalized spacial score (nSPS) is 12.5. The van der Waals surface area contributed by atoms with Crippen LogP contribution in [0.5, 0.6) is 0 Å². The molecule has 46 heavy (non-hydrogen) atoms. The van der Waals surface area contributed by atoms with Crippen LogP contribution in [0.3, 0.4) is 0 Å². The Hall–Kier alpha value is -5.10. The Bertz CT molecular complexity index is 1760. The summed E-state index contributed by atoms with van der Waals surface area (Å²) in [4.78, 5) is 40.0. The summed E-state index contributed by atoms with van der Waals surface area (Å²) in [6, 6.07) is 25.7. The van der Waals surface area contributed by atoms with Gasteiger partial charge < -0.3 is 10.2 Å². The van der Waals surface area contributed by atoms with Gasteiger partial charge in [0.15, 0.2) is 0 Å². The molecular weight excluding hydrogens is 611 g/mol. The van der Waals surface area contributed by atoms with E-state index in [0.29, 0.717) is 6.42 Å². The number of halogens is 1. The molecule has 0 aliphatic heterocycles. The topological polar surface area (TPSA) is 130 Å². The number of carbonyl (C=O) groups excluding carboxylic acids is 2. The molecule has 0 heterocycles. The van der Waals surface area contributed by atoms with Crippen molar-refractivity contribution < 1.29 is 27.3 Å². The van der Waals surface area contributed by atoms with E-state index >= 15 is 4.39 Å². The first-order chi connectivity index (χ1) is 22.0. The number of nitro benzene ring substituents is 1. The van der Waals surface area contributed by atoms with Gasteiger partial charge >= 0.3 is 0 Å². The number of hydrogen-bond donors (Lipinski definition) is 1. The number of anilines is 1. The number of hydrogen-bond acceptors (Lipinski definition) is 6. The minimum atomic E-state index is -4.38. The number of sulfonamides is 1. The zero-order chi connectivity index (χ0) is 33.3. The Morgan fingerprint density at radius 2 is 1.48 bits per heavy atom. The van der Waals surface area contributed by atoms with Crippen LogP contribution in [0.15, 0.2) is 114 Å². The largest absolute Gasteiger partial charge is 0.352 e. The lowest BCUT2D eigenvalue weighted by Gasteiger charge is -2.34. The molecule has 0 aromatic heterocycles. The molecule has 0 aliphatic carbocycles. The summed E-state index contributed by atoms with van der Waals surface area (Å²) in [6.45, 7) is 2.63. The van der Waals surface area contributed by atoms with Crippen molar-refractivity contribution in [3.63, 3.8) is 0 Å². The van der Waals surface area contributed by atoms with Gasteiger partial charge in [-0.2, -0.15) is 0 Å². The van der Waals surface area contributed by atoms with Crippen LogP contribution in [0.4, 0.5) is 15.8 Å². The molecule has 12 heteroatoms. The number of nitro groups is 1. The number of carbonyl (C=O) groups is 2. The summed E-state index contributed by atoms with van der Waals surface area (Å²) in [7, 11) is -4.38. The molecule has 4 rings (SSSR count). The Morgan fingerprint density at radius 1 is 0.891 bits per heavy atom. The highest BCUT2D eigenvalue weighted by atomic mass is 32.2. The average Bonchev–Trinajstić information content (AvgIpc) is 3.06. The molecule has 2 atom stereocenters. The summed E-state index contributed by atoms with van der Waals surface area (Å²) in [5, 5.41) is 14.2. The summed E-state index contributed by atoms with van der Waals surface area (Å²) >= 11 is 0. The number of nitrogens with one attached hydrogen (secondary N) is 1. The van der Waals surface area contributed by atoms with Crippen molar-refractivity contribution in [2.24, 2.45) is 0 Å². The predicted octanol–water partition coefficient (Wildman–Crippen LogP) is 5.48. The lowest BCUT2D eigenvalue weighted by molar-refractivity contribution is -0.384. The Morgan fingerprint density at radius 3 is 2.07 bits per heavy atom. The number of amides is 2. The Labute approximate surface area is 267 Å². The first kappa shape index (κ1) is 33.8. The zero-order valence-electron chi connectivity index (χ0n) is 25.5. The fourth-order valence-corrected chi connectivity index (χ4v) is 6.23. The van der Waals surface area contributed by atoms with Gasteiger partial charge in [-0.3, -0.25) is 24.0 Å². The minimum Gasteiger partial charge on any atom is -0.352 e. The summed E-state index contributed by atoms with van der Waals surface area (Å²) in [5.74, 6) is -1.85. The summed E-state index contributed by atoms with van der Waals surface area (Å²) in [6.07, 6.45) is 0.695. The molecule has 0 unspecified atom stereocenters. The van der Waals surface area contributed by atoms with Gasteiger partial charge in [0.05, 0.1) is 15.5 Å². The monoisotopic (exact) mass is 646 g/mol. The number of nitrogens with zero attached hydrogens (tertiary/aromatic N) is 3. The van der Waals surface area contributed by atoms with Gasteiger partial charge in [-0.05, 0) is 49.2 Å². The standard InChI is InChI=1S/C34H35FN4O6S/c1-3-25(2)36-34(41)32(22-26-12-6-4-7-13-26)37(23-27-14-10-11-17-31(27)35)33(40)24-38(28-18-20-29(21-19-28)39(42)43)46(44,45)30-15-8-5-9-16-30/h4-21,25,32H,3,22-24H2,1-2H3,(H,36,41)/t25-,32-/m0/s1. The maximum absolute atomic E-state index is 15.0. The Balaban J connectivity index is 1.82. The van der Waals surface area contributed by atoms with E-state index in [2.05, 4.69) is 5.32 Å². The van der Waals surface area contributed by atoms with E-state index < -0.39 is 45.2 Å². The highest BCUT2D eigenvalue weighted by molar-refractivity contribution is 7.92. The molecule has 240 valence electrons. The molecule has 0 saturated carbocycles. The van der Waals surface area contributed by atoms with Crippen LogP contribution in [-0.2, 0) is 32.6 Å². The van der Waals surface area contributed by atoms with E-state index in [1.807, 2.05) is 19.9 Å². The SMILES string of the molecule is CC[C@H](C)NC(=O)[C@H](Cc1ccccc1)N(Cc1ccccc1F)C(=O)CN(c1ccc([N+](=O)[O-])cc1)S(=O)(=O)c1ccccc1. The molecular formula is C34H35FN4O6S. The van der Waals surface area contributed by atoms with Crippen molar-refractivity contribution in [2.45, 2.75) is 50.2 Å². The molecule has 2 amide bonds. The van der Waals surface area contributed by atoms with Gasteiger partial charge in [-0.25, -0.2) is 12.8 Å². The summed E-state index contributed by atoms with van der Waals surface area (Å²) in [5.41, 5.74) is 0.607. The third-order valence-corrected chi connectivity index (χ3v) is 9.32. The van der Waals surface area contributed by atoms with E-state index in [1.165, 1.54) is 59.5 Å². The highest BCUT2D eigenvalue weighted by Crippen LogP contribution is 2.27. The number of benzene rings is 4. The second-order valence-electron chi connectivity index (χ2n) is 10.7. The second-order valence-corrected chi connectivity index (χ2v) is 12.6. The molecule has 0 aliphatic rings. The molecule has 0 saturated heterocycles. The second kappa shape index (κ2) is 15.3. The van der Waals surface area contributed by atoms with E-state index in [1.54, 1.807) is 36.4 Å². The van der Waals surface area contributed by atoms with Crippen molar-refractivity contribution >= 4 is 33.2 Å². The quantitative estimate of drug-likeness (QED) is 0.143. The lowest BCUT2D eigenvalue weighted by Crippen LogP contribution is -2.54. The van der Waals surface area contributed by atoms with Crippen LogP contribution in [-0.4, -0.2) is 48.7 Å². The van der Waals surface area contributed by atoms with E-state index in [0.717, 1.165) is 22.0 Å². The minimum absolute atomic E-state index is 0.00249. The van der Waals surface area contributed by atoms with Crippen molar-refractivity contribution in [2.75, 3.05) is 10.8 Å². The van der Waals surface area contributed by atoms with Gasteiger partial charge in [0.25, 0.3) is 15.7 Å². The molecule has 10 nitrogen and oxygen atoms in total.